The minimum atomic E-state index is -0.0898. The third kappa shape index (κ3) is 5.93. The number of aromatic nitrogens is 1. The van der Waals surface area contributed by atoms with Gasteiger partial charge in [-0.3, -0.25) is 4.79 Å². The number of amides is 1. The van der Waals surface area contributed by atoms with Crippen LogP contribution in [0.1, 0.15) is 18.5 Å². The summed E-state index contributed by atoms with van der Waals surface area (Å²) in [5.74, 6) is 1.09. The molecular weight excluding hydrogens is 476 g/mol. The first-order chi connectivity index (χ1) is 15.1. The molecule has 0 aliphatic carbocycles. The molecule has 1 aliphatic rings. The summed E-state index contributed by atoms with van der Waals surface area (Å²) in [5, 5.41) is 3.96. The molecule has 0 radical (unpaired) electrons. The standard InChI is InChI=1S/C24H25BrN2O3S/c1-16-23(31-24(27-16)19-2-6-20(25)7-3-19)18-4-8-21(9-5-18)30-15-22(28)26-14-17-10-12-29-13-11-17/h2-9,17H,10-15H2,1H3,(H,26,28). The lowest BCUT2D eigenvalue weighted by molar-refractivity contribution is -0.123. The molecule has 1 aromatic heterocycles. The van der Waals surface area contributed by atoms with Crippen LogP contribution in [0.4, 0.5) is 0 Å². The van der Waals surface area contributed by atoms with E-state index in [0.717, 1.165) is 57.2 Å². The van der Waals surface area contributed by atoms with Gasteiger partial charge < -0.3 is 14.8 Å². The Morgan fingerprint density at radius 1 is 1.13 bits per heavy atom. The number of nitrogens with one attached hydrogen (secondary N) is 1. The van der Waals surface area contributed by atoms with Gasteiger partial charge in [-0.2, -0.15) is 0 Å². The Kier molecular flexibility index (Phi) is 7.37. The number of thiazole rings is 1. The van der Waals surface area contributed by atoms with Crippen molar-refractivity contribution in [3.63, 3.8) is 0 Å². The first-order valence-electron chi connectivity index (χ1n) is 10.4. The van der Waals surface area contributed by atoms with E-state index >= 15 is 0 Å². The Morgan fingerprint density at radius 3 is 2.52 bits per heavy atom. The van der Waals surface area contributed by atoms with Gasteiger partial charge in [-0.15, -0.1) is 11.3 Å². The molecule has 2 aromatic carbocycles. The first-order valence-corrected chi connectivity index (χ1v) is 12.0. The second-order valence-corrected chi connectivity index (χ2v) is 9.53. The fourth-order valence-electron chi connectivity index (χ4n) is 3.49. The van der Waals surface area contributed by atoms with Gasteiger partial charge in [-0.25, -0.2) is 4.98 Å². The van der Waals surface area contributed by atoms with Gasteiger partial charge in [0.05, 0.1) is 10.6 Å². The highest BCUT2D eigenvalue weighted by Gasteiger charge is 2.15. The summed E-state index contributed by atoms with van der Waals surface area (Å²) < 4.78 is 12.1. The van der Waals surface area contributed by atoms with Crippen molar-refractivity contribution in [1.82, 2.24) is 10.3 Å². The van der Waals surface area contributed by atoms with Gasteiger partial charge in [-0.05, 0) is 67.6 Å². The number of benzene rings is 2. The molecular formula is C24H25BrN2O3S. The number of halogens is 1. The smallest absolute Gasteiger partial charge is 0.257 e. The van der Waals surface area contributed by atoms with E-state index in [9.17, 15) is 4.79 Å². The normalized spacial score (nSPS) is 14.4. The van der Waals surface area contributed by atoms with Crippen molar-refractivity contribution in [1.29, 1.82) is 0 Å². The van der Waals surface area contributed by atoms with Crippen LogP contribution in [-0.2, 0) is 9.53 Å². The third-order valence-corrected chi connectivity index (χ3v) is 7.09. The average Bonchev–Trinajstić information content (AvgIpc) is 3.19. The van der Waals surface area contributed by atoms with E-state index < -0.39 is 0 Å². The Bertz CT molecular complexity index is 1010. The molecule has 4 rings (SSSR count). The summed E-state index contributed by atoms with van der Waals surface area (Å²) in [7, 11) is 0. The maximum absolute atomic E-state index is 12.1. The number of aryl methyl sites for hydroxylation is 1. The minimum Gasteiger partial charge on any atom is -0.484 e. The monoisotopic (exact) mass is 500 g/mol. The summed E-state index contributed by atoms with van der Waals surface area (Å²) in [6.45, 7) is 4.31. The number of hydrogen-bond donors (Lipinski definition) is 1. The molecule has 1 aliphatic heterocycles. The van der Waals surface area contributed by atoms with E-state index in [1.165, 1.54) is 0 Å². The summed E-state index contributed by atoms with van der Waals surface area (Å²) in [4.78, 5) is 18.0. The van der Waals surface area contributed by atoms with Crippen LogP contribution in [-0.4, -0.2) is 37.3 Å². The van der Waals surface area contributed by atoms with Crippen molar-refractivity contribution in [3.8, 4) is 26.8 Å². The molecule has 0 atom stereocenters. The van der Waals surface area contributed by atoms with Gasteiger partial charge in [0.1, 0.15) is 10.8 Å². The van der Waals surface area contributed by atoms with Gasteiger partial charge in [0, 0.05) is 29.8 Å². The van der Waals surface area contributed by atoms with Gasteiger partial charge in [0.15, 0.2) is 6.61 Å². The zero-order valence-electron chi connectivity index (χ0n) is 17.4. The maximum atomic E-state index is 12.1. The highest BCUT2D eigenvalue weighted by molar-refractivity contribution is 9.10. The Balaban J connectivity index is 1.33. The van der Waals surface area contributed by atoms with Crippen LogP contribution in [0.15, 0.2) is 53.0 Å². The topological polar surface area (TPSA) is 60.5 Å². The molecule has 1 fully saturated rings. The lowest BCUT2D eigenvalue weighted by Gasteiger charge is -2.22. The predicted molar refractivity (Wildman–Crippen MR) is 127 cm³/mol. The van der Waals surface area contributed by atoms with E-state index in [0.29, 0.717) is 18.2 Å². The summed E-state index contributed by atoms with van der Waals surface area (Å²) in [5.41, 5.74) is 3.20. The molecule has 1 N–H and O–H groups in total. The summed E-state index contributed by atoms with van der Waals surface area (Å²) in [6, 6.07) is 16.0. The van der Waals surface area contributed by atoms with Gasteiger partial charge in [0.2, 0.25) is 0 Å². The van der Waals surface area contributed by atoms with Crippen molar-refractivity contribution in [2.24, 2.45) is 5.92 Å². The number of nitrogens with zero attached hydrogens (tertiary/aromatic N) is 1. The molecule has 5 nitrogen and oxygen atoms in total. The maximum Gasteiger partial charge on any atom is 0.257 e. The minimum absolute atomic E-state index is 0.0237. The van der Waals surface area contributed by atoms with Crippen molar-refractivity contribution < 1.29 is 14.3 Å². The van der Waals surface area contributed by atoms with E-state index in [2.05, 4.69) is 33.4 Å². The quantitative estimate of drug-likeness (QED) is 0.467. The van der Waals surface area contributed by atoms with Crippen LogP contribution in [0.2, 0.25) is 0 Å². The van der Waals surface area contributed by atoms with E-state index in [1.807, 2.05) is 43.3 Å². The highest BCUT2D eigenvalue weighted by Crippen LogP contribution is 2.36. The molecule has 2 heterocycles. The Morgan fingerprint density at radius 2 is 1.81 bits per heavy atom. The zero-order valence-corrected chi connectivity index (χ0v) is 19.8. The van der Waals surface area contributed by atoms with Crippen LogP contribution < -0.4 is 10.1 Å². The lowest BCUT2D eigenvalue weighted by atomic mass is 10.0. The molecule has 0 bridgehead atoms. The summed E-state index contributed by atoms with van der Waals surface area (Å²) in [6.07, 6.45) is 2.01. The van der Waals surface area contributed by atoms with Crippen molar-refractivity contribution in [2.45, 2.75) is 19.8 Å². The highest BCUT2D eigenvalue weighted by atomic mass is 79.9. The number of ether oxygens (including phenoxy) is 2. The van der Waals surface area contributed by atoms with E-state index in [-0.39, 0.29) is 12.5 Å². The molecule has 0 spiro atoms. The average molecular weight is 501 g/mol. The fraction of sp³-hybridized carbons (Fsp3) is 0.333. The molecule has 162 valence electrons. The van der Waals surface area contributed by atoms with E-state index in [4.69, 9.17) is 14.5 Å². The predicted octanol–water partition coefficient (Wildman–Crippen LogP) is 5.47. The molecule has 0 saturated carbocycles. The number of carbonyl (C=O) groups excluding carboxylic acids is 1. The van der Waals surface area contributed by atoms with Crippen molar-refractivity contribution >= 4 is 33.2 Å². The molecule has 7 heteroatoms. The van der Waals surface area contributed by atoms with Crippen molar-refractivity contribution in [3.05, 3.63) is 58.7 Å². The molecule has 3 aromatic rings. The van der Waals surface area contributed by atoms with E-state index in [1.54, 1.807) is 11.3 Å². The van der Waals surface area contributed by atoms with Crippen LogP contribution in [0.5, 0.6) is 5.75 Å². The summed E-state index contributed by atoms with van der Waals surface area (Å²) >= 11 is 5.15. The van der Waals surface area contributed by atoms with Gasteiger partial charge in [0.25, 0.3) is 5.91 Å². The SMILES string of the molecule is Cc1nc(-c2ccc(Br)cc2)sc1-c1ccc(OCC(=O)NCC2CCOCC2)cc1. The van der Waals surface area contributed by atoms with Crippen LogP contribution in [0, 0.1) is 12.8 Å². The van der Waals surface area contributed by atoms with Crippen LogP contribution in [0.3, 0.4) is 0 Å². The molecule has 31 heavy (non-hydrogen) atoms. The van der Waals surface area contributed by atoms with Gasteiger partial charge >= 0.3 is 0 Å². The Labute approximate surface area is 194 Å². The fourth-order valence-corrected chi connectivity index (χ4v) is 4.83. The number of carbonyl (C=O) groups is 1. The number of hydrogen-bond acceptors (Lipinski definition) is 5. The third-order valence-electron chi connectivity index (χ3n) is 5.30. The lowest BCUT2D eigenvalue weighted by Crippen LogP contribution is -2.35. The molecule has 1 saturated heterocycles. The van der Waals surface area contributed by atoms with Crippen molar-refractivity contribution in [2.75, 3.05) is 26.4 Å². The Hall–Kier alpha value is -2.22. The molecule has 1 amide bonds. The van der Waals surface area contributed by atoms with Gasteiger partial charge in [-0.1, -0.05) is 28.1 Å². The molecule has 0 unspecified atom stereocenters. The second kappa shape index (κ2) is 10.4. The first kappa shape index (κ1) is 22.0. The number of rotatable bonds is 7. The largest absolute Gasteiger partial charge is 0.484 e. The van der Waals surface area contributed by atoms with Crippen LogP contribution >= 0.6 is 27.3 Å². The van der Waals surface area contributed by atoms with Crippen LogP contribution in [0.25, 0.3) is 21.0 Å². The zero-order chi connectivity index (χ0) is 21.6. The second-order valence-electron chi connectivity index (χ2n) is 7.61.